The van der Waals surface area contributed by atoms with Crippen LogP contribution in [0.15, 0.2) is 18.2 Å². The van der Waals surface area contributed by atoms with Gasteiger partial charge in [0.1, 0.15) is 5.82 Å². The van der Waals surface area contributed by atoms with Crippen LogP contribution >= 0.6 is 40.0 Å². The molecule has 0 aliphatic carbocycles. The van der Waals surface area contributed by atoms with E-state index in [0.717, 1.165) is 11.1 Å². The van der Waals surface area contributed by atoms with Crippen LogP contribution in [0.25, 0.3) is 0 Å². The second kappa shape index (κ2) is 12.3. The Hall–Kier alpha value is 1.19. The van der Waals surface area contributed by atoms with E-state index in [1.165, 1.54) is 6.07 Å². The van der Waals surface area contributed by atoms with E-state index in [2.05, 4.69) is 40.0 Å². The zero-order valence-corrected chi connectivity index (χ0v) is 14.5. The van der Waals surface area contributed by atoms with Gasteiger partial charge >= 0.3 is 49.4 Å². The first-order chi connectivity index (χ1) is 6.61. The van der Waals surface area contributed by atoms with Gasteiger partial charge < -0.3 is 0 Å². The van der Waals surface area contributed by atoms with E-state index in [1.807, 2.05) is 26.8 Å². The summed E-state index contributed by atoms with van der Waals surface area (Å²) in [6.07, 6.45) is 0. The van der Waals surface area contributed by atoms with Gasteiger partial charge in [0.2, 0.25) is 0 Å². The SMILES string of the molecule is CC.Cc1ccc(F)c(C)c1.[I][V][I]. The van der Waals surface area contributed by atoms with Gasteiger partial charge in [0.15, 0.2) is 0 Å². The van der Waals surface area contributed by atoms with E-state index >= 15 is 0 Å². The standard InChI is InChI=1S/C8H9F.C2H6.2HI.V/c1-6-3-4-8(9)7(2)5-6;1-2;;;/h3-5H,1-2H3;1-2H3;2*1H;/q;;;;+2/p-2. The van der Waals surface area contributed by atoms with Crippen molar-refractivity contribution in [1.82, 2.24) is 0 Å². The second-order valence-corrected chi connectivity index (χ2v) is 14.1. The molecule has 0 aliphatic rings. The van der Waals surface area contributed by atoms with Crippen molar-refractivity contribution in [2.75, 3.05) is 0 Å². The Morgan fingerprint density at radius 2 is 1.57 bits per heavy atom. The van der Waals surface area contributed by atoms with E-state index < -0.39 is 0 Å². The molecule has 0 saturated heterocycles. The predicted octanol–water partition coefficient (Wildman–Crippen LogP) is 5.24. The molecule has 0 amide bonds. The molecule has 0 atom stereocenters. The summed E-state index contributed by atoms with van der Waals surface area (Å²) in [5.74, 6) is -0.124. The Morgan fingerprint density at radius 1 is 1.14 bits per heavy atom. The van der Waals surface area contributed by atoms with Crippen molar-refractivity contribution in [3.63, 3.8) is 0 Å². The van der Waals surface area contributed by atoms with E-state index in [0.29, 0.717) is 9.47 Å². The summed E-state index contributed by atoms with van der Waals surface area (Å²) in [7, 11) is 0.628. The molecule has 0 fully saturated rings. The zero-order chi connectivity index (χ0) is 11.6. The van der Waals surface area contributed by atoms with Crippen LogP contribution in [-0.2, 0) is 9.47 Å². The maximum absolute atomic E-state index is 12.5. The molecule has 14 heavy (non-hydrogen) atoms. The number of aryl methyl sites for hydroxylation is 2. The molecule has 0 heterocycles. The van der Waals surface area contributed by atoms with Gasteiger partial charge in [0.25, 0.3) is 0 Å². The number of halogens is 3. The third kappa shape index (κ3) is 9.74. The fourth-order valence-corrected chi connectivity index (χ4v) is 0.795. The summed E-state index contributed by atoms with van der Waals surface area (Å²) in [5.41, 5.74) is 1.82. The number of hydrogen-bond donors (Lipinski definition) is 0. The summed E-state index contributed by atoms with van der Waals surface area (Å²) < 4.78 is 12.5. The normalized spacial score (nSPS) is 7.64. The first-order valence-corrected chi connectivity index (χ1v) is 13.3. The molecule has 0 unspecified atom stereocenters. The van der Waals surface area contributed by atoms with Gasteiger partial charge in [0, 0.05) is 0 Å². The molecular weight excluding hydrogens is 444 g/mol. The molecule has 4 heteroatoms. The van der Waals surface area contributed by atoms with Crippen LogP contribution < -0.4 is 0 Å². The molecule has 0 bridgehead atoms. The van der Waals surface area contributed by atoms with Gasteiger partial charge in [-0.3, -0.25) is 0 Å². The summed E-state index contributed by atoms with van der Waals surface area (Å²) >= 11 is 4.74. The monoisotopic (exact) mass is 459 g/mol. The molecule has 0 aliphatic heterocycles. The van der Waals surface area contributed by atoms with Crippen molar-refractivity contribution >= 4 is 40.0 Å². The third-order valence-electron chi connectivity index (χ3n) is 1.31. The van der Waals surface area contributed by atoms with Crippen molar-refractivity contribution in [2.45, 2.75) is 27.7 Å². The van der Waals surface area contributed by atoms with E-state index in [-0.39, 0.29) is 5.82 Å². The molecule has 1 aromatic rings. The Bertz CT molecular complexity index is 242. The zero-order valence-electron chi connectivity index (χ0n) is 8.81. The molecule has 0 spiro atoms. The number of rotatable bonds is 0. The molecule has 1 rings (SSSR count). The first kappa shape index (κ1) is 17.6. The quantitative estimate of drug-likeness (QED) is 0.466. The average molecular weight is 459 g/mol. The Balaban J connectivity index is 0. The molecule has 81 valence electrons. The Morgan fingerprint density at radius 3 is 1.86 bits per heavy atom. The van der Waals surface area contributed by atoms with Crippen LogP contribution in [0.2, 0.25) is 0 Å². The number of benzene rings is 1. The average Bonchev–Trinajstić information content (AvgIpc) is 2.17. The van der Waals surface area contributed by atoms with Crippen molar-refractivity contribution in [2.24, 2.45) is 0 Å². The summed E-state index contributed by atoms with van der Waals surface area (Å²) in [5, 5.41) is 0. The first-order valence-electron chi connectivity index (χ1n) is 4.27. The molecule has 0 saturated carbocycles. The van der Waals surface area contributed by atoms with Crippen LogP contribution in [0, 0.1) is 19.7 Å². The predicted molar refractivity (Wildman–Crippen MR) is 75.3 cm³/mol. The molecule has 0 aromatic heterocycles. The van der Waals surface area contributed by atoms with Crippen molar-refractivity contribution in [3.05, 3.63) is 35.1 Å². The van der Waals surface area contributed by atoms with Gasteiger partial charge in [-0.2, -0.15) is 0 Å². The van der Waals surface area contributed by atoms with E-state index in [4.69, 9.17) is 0 Å². The van der Waals surface area contributed by atoms with Crippen molar-refractivity contribution < 1.29 is 13.9 Å². The minimum absolute atomic E-state index is 0.124. The molecular formula is C10H15FI2V. The van der Waals surface area contributed by atoms with Gasteiger partial charge in [-0.15, -0.1) is 0 Å². The van der Waals surface area contributed by atoms with E-state index in [1.54, 1.807) is 13.0 Å². The summed E-state index contributed by atoms with van der Waals surface area (Å²) in [4.78, 5) is 0. The number of hydrogen-bond acceptors (Lipinski definition) is 0. The summed E-state index contributed by atoms with van der Waals surface area (Å²) in [6.45, 7) is 7.72. The maximum atomic E-state index is 12.5. The van der Waals surface area contributed by atoms with Crippen LogP contribution in [0.1, 0.15) is 25.0 Å². The Kier molecular flexibility index (Phi) is 15.4. The minimum atomic E-state index is -0.124. The summed E-state index contributed by atoms with van der Waals surface area (Å²) in [6, 6.07) is 5.09. The van der Waals surface area contributed by atoms with Crippen molar-refractivity contribution in [1.29, 1.82) is 0 Å². The Labute approximate surface area is 115 Å². The van der Waals surface area contributed by atoms with Crippen LogP contribution in [-0.4, -0.2) is 0 Å². The second-order valence-electron chi connectivity index (χ2n) is 2.32. The van der Waals surface area contributed by atoms with Crippen LogP contribution in [0.3, 0.4) is 0 Å². The van der Waals surface area contributed by atoms with Crippen LogP contribution in [0.5, 0.6) is 0 Å². The molecule has 0 nitrogen and oxygen atoms in total. The van der Waals surface area contributed by atoms with Crippen molar-refractivity contribution in [3.8, 4) is 0 Å². The fourth-order valence-electron chi connectivity index (χ4n) is 0.795. The van der Waals surface area contributed by atoms with Gasteiger partial charge in [-0.25, -0.2) is 4.39 Å². The molecule has 0 N–H and O–H groups in total. The topological polar surface area (TPSA) is 0 Å². The molecule has 1 aromatic carbocycles. The third-order valence-corrected chi connectivity index (χ3v) is 1.31. The van der Waals surface area contributed by atoms with E-state index in [9.17, 15) is 4.39 Å². The molecule has 0 radical (unpaired) electrons. The van der Waals surface area contributed by atoms with Gasteiger partial charge in [0.05, 0.1) is 0 Å². The van der Waals surface area contributed by atoms with Gasteiger partial charge in [-0.1, -0.05) is 31.5 Å². The fraction of sp³-hybridized carbons (Fsp3) is 0.400. The van der Waals surface area contributed by atoms with Crippen LogP contribution in [0.4, 0.5) is 4.39 Å². The van der Waals surface area contributed by atoms with Gasteiger partial charge in [-0.05, 0) is 25.5 Å².